The lowest BCUT2D eigenvalue weighted by Crippen LogP contribution is -2.16. The van der Waals surface area contributed by atoms with Gasteiger partial charge in [-0.25, -0.2) is 0 Å². The number of hydrogen-bond acceptors (Lipinski definition) is 4. The molecule has 0 saturated heterocycles. The predicted octanol–water partition coefficient (Wildman–Crippen LogP) is 4.25. The Hall–Kier alpha value is -3.25. The summed E-state index contributed by atoms with van der Waals surface area (Å²) >= 11 is 5.24. The third-order valence-corrected chi connectivity index (χ3v) is 4.58. The van der Waals surface area contributed by atoms with E-state index in [2.05, 4.69) is 9.98 Å². The maximum atomic E-state index is 12.5. The SMILES string of the molecule is CC1=Nc2ccccc2/C1=C/c1c(O)n(-c2ccccc2)c(=S)[nH]c1=O. The van der Waals surface area contributed by atoms with Crippen molar-refractivity contribution in [2.24, 2.45) is 4.99 Å². The molecule has 0 atom stereocenters. The van der Waals surface area contributed by atoms with Gasteiger partial charge in [-0.05, 0) is 43.4 Å². The largest absolute Gasteiger partial charge is 0.494 e. The number of aromatic hydroxyl groups is 1. The summed E-state index contributed by atoms with van der Waals surface area (Å²) in [6, 6.07) is 16.9. The second-order valence-corrected chi connectivity index (χ2v) is 6.33. The molecule has 1 aromatic heterocycles. The van der Waals surface area contributed by atoms with Gasteiger partial charge in [0.2, 0.25) is 5.88 Å². The van der Waals surface area contributed by atoms with Crippen molar-refractivity contribution in [3.63, 3.8) is 0 Å². The van der Waals surface area contributed by atoms with Crippen LogP contribution >= 0.6 is 12.2 Å². The van der Waals surface area contributed by atoms with Gasteiger partial charge in [0.15, 0.2) is 4.77 Å². The number of para-hydroxylation sites is 2. The van der Waals surface area contributed by atoms with Gasteiger partial charge in [-0.3, -0.25) is 19.3 Å². The van der Waals surface area contributed by atoms with Crippen LogP contribution in [0.4, 0.5) is 5.69 Å². The van der Waals surface area contributed by atoms with Crippen molar-refractivity contribution in [1.82, 2.24) is 9.55 Å². The quantitative estimate of drug-likeness (QED) is 0.671. The summed E-state index contributed by atoms with van der Waals surface area (Å²) in [4.78, 5) is 19.6. The van der Waals surface area contributed by atoms with Crippen LogP contribution in [0.2, 0.25) is 0 Å². The van der Waals surface area contributed by atoms with Gasteiger partial charge in [0.1, 0.15) is 5.56 Å². The van der Waals surface area contributed by atoms with Crippen molar-refractivity contribution in [3.8, 4) is 11.6 Å². The van der Waals surface area contributed by atoms with Gasteiger partial charge in [-0.2, -0.15) is 0 Å². The van der Waals surface area contributed by atoms with Crippen LogP contribution in [0.15, 0.2) is 64.4 Å². The van der Waals surface area contributed by atoms with Gasteiger partial charge >= 0.3 is 0 Å². The molecule has 5 nitrogen and oxygen atoms in total. The van der Waals surface area contributed by atoms with Crippen molar-refractivity contribution >= 4 is 35.3 Å². The maximum absolute atomic E-state index is 12.5. The van der Waals surface area contributed by atoms with Gasteiger partial charge < -0.3 is 5.11 Å². The van der Waals surface area contributed by atoms with E-state index in [1.807, 2.05) is 61.5 Å². The molecule has 2 aromatic carbocycles. The fourth-order valence-electron chi connectivity index (χ4n) is 3.05. The van der Waals surface area contributed by atoms with Gasteiger partial charge in [-0.1, -0.05) is 36.4 Å². The number of H-pyrrole nitrogens is 1. The number of allylic oxidation sites excluding steroid dienone is 1. The lowest BCUT2D eigenvalue weighted by molar-refractivity contribution is 0.432. The van der Waals surface area contributed by atoms with Crippen LogP contribution in [0.5, 0.6) is 5.88 Å². The zero-order valence-corrected chi connectivity index (χ0v) is 14.7. The van der Waals surface area contributed by atoms with Gasteiger partial charge in [0.05, 0.1) is 11.4 Å². The third-order valence-electron chi connectivity index (χ3n) is 4.30. The first-order valence-electron chi connectivity index (χ1n) is 8.07. The fraction of sp³-hybridized carbons (Fsp3) is 0.0500. The van der Waals surface area contributed by atoms with E-state index in [1.54, 1.807) is 6.08 Å². The molecule has 128 valence electrons. The molecule has 2 N–H and O–H groups in total. The molecule has 4 rings (SSSR count). The molecule has 0 radical (unpaired) electrons. The number of nitrogens with one attached hydrogen (secondary N) is 1. The van der Waals surface area contributed by atoms with Crippen molar-refractivity contribution in [2.75, 3.05) is 0 Å². The summed E-state index contributed by atoms with van der Waals surface area (Å²) in [6.45, 7) is 1.88. The standard InChI is InChI=1S/C20H15N3O2S/c1-12-15(14-9-5-6-10-17(14)21-12)11-16-18(24)22-20(26)23(19(16)25)13-7-3-2-4-8-13/h2-11,25H,1H3,(H,22,24,26)/b15-11+. The smallest absolute Gasteiger partial charge is 0.262 e. The molecule has 0 amide bonds. The zero-order chi connectivity index (χ0) is 18.3. The molecule has 0 unspecified atom stereocenters. The number of nitrogens with zero attached hydrogens (tertiary/aromatic N) is 2. The fourth-order valence-corrected chi connectivity index (χ4v) is 3.33. The van der Waals surface area contributed by atoms with Crippen LogP contribution in [0.25, 0.3) is 17.3 Å². The lowest BCUT2D eigenvalue weighted by Gasteiger charge is -2.12. The van der Waals surface area contributed by atoms with E-state index < -0.39 is 5.56 Å². The van der Waals surface area contributed by atoms with E-state index in [-0.39, 0.29) is 16.2 Å². The Balaban J connectivity index is 1.96. The molecule has 0 fully saturated rings. The number of benzene rings is 2. The van der Waals surface area contributed by atoms with E-state index in [4.69, 9.17) is 12.2 Å². The first-order chi connectivity index (χ1) is 12.6. The molecule has 0 saturated carbocycles. The van der Waals surface area contributed by atoms with Crippen LogP contribution in [-0.4, -0.2) is 20.4 Å². The molecule has 26 heavy (non-hydrogen) atoms. The molecule has 6 heteroatoms. The predicted molar refractivity (Wildman–Crippen MR) is 106 cm³/mol. The van der Waals surface area contributed by atoms with Gasteiger partial charge in [-0.15, -0.1) is 0 Å². The number of aromatic amines is 1. The van der Waals surface area contributed by atoms with E-state index in [0.29, 0.717) is 5.69 Å². The third kappa shape index (κ3) is 2.60. The minimum Gasteiger partial charge on any atom is -0.494 e. The highest BCUT2D eigenvalue weighted by Crippen LogP contribution is 2.36. The Labute approximate surface area is 154 Å². The summed E-state index contributed by atoms with van der Waals surface area (Å²) in [7, 11) is 0. The van der Waals surface area contributed by atoms with Crippen molar-refractivity contribution < 1.29 is 5.11 Å². The molecule has 0 bridgehead atoms. The van der Waals surface area contributed by atoms with Crippen molar-refractivity contribution in [3.05, 3.63) is 80.8 Å². The van der Waals surface area contributed by atoms with E-state index in [1.165, 1.54) is 4.57 Å². The molecule has 1 aliphatic rings. The van der Waals surface area contributed by atoms with E-state index >= 15 is 0 Å². The Kier molecular flexibility index (Phi) is 3.89. The van der Waals surface area contributed by atoms with Crippen molar-refractivity contribution in [2.45, 2.75) is 6.92 Å². The molecule has 2 heterocycles. The highest BCUT2D eigenvalue weighted by Gasteiger charge is 2.20. The molecular formula is C20H15N3O2S. The Bertz CT molecular complexity index is 1190. The van der Waals surface area contributed by atoms with Crippen LogP contribution in [-0.2, 0) is 0 Å². The van der Waals surface area contributed by atoms with E-state index in [9.17, 15) is 9.90 Å². The minimum absolute atomic E-state index is 0.137. The van der Waals surface area contributed by atoms with Crippen LogP contribution in [0.1, 0.15) is 18.1 Å². The summed E-state index contributed by atoms with van der Waals surface area (Å²) in [6.07, 6.45) is 1.66. The topological polar surface area (TPSA) is 70.4 Å². The van der Waals surface area contributed by atoms with Crippen molar-refractivity contribution in [1.29, 1.82) is 0 Å². The highest BCUT2D eigenvalue weighted by atomic mass is 32.1. The zero-order valence-electron chi connectivity index (χ0n) is 13.9. The number of rotatable bonds is 2. The summed E-state index contributed by atoms with van der Waals surface area (Å²) < 4.78 is 1.58. The average molecular weight is 361 g/mol. The molecular weight excluding hydrogens is 346 g/mol. The molecule has 0 spiro atoms. The Morgan fingerprint density at radius 1 is 1.12 bits per heavy atom. The normalized spacial score (nSPS) is 14.3. The Morgan fingerprint density at radius 2 is 1.81 bits per heavy atom. The van der Waals surface area contributed by atoms with Gasteiger partial charge in [0, 0.05) is 16.8 Å². The van der Waals surface area contributed by atoms with Crippen LogP contribution < -0.4 is 5.56 Å². The number of aromatic nitrogens is 2. The monoisotopic (exact) mass is 361 g/mol. The number of fused-ring (bicyclic) bond motifs is 1. The first-order valence-corrected chi connectivity index (χ1v) is 8.47. The van der Waals surface area contributed by atoms with E-state index in [0.717, 1.165) is 22.5 Å². The second-order valence-electron chi connectivity index (χ2n) is 5.94. The second kappa shape index (κ2) is 6.24. The van der Waals surface area contributed by atoms with Crippen LogP contribution in [0, 0.1) is 4.77 Å². The minimum atomic E-state index is -0.440. The Morgan fingerprint density at radius 3 is 2.58 bits per heavy atom. The number of aliphatic imine (C=N–C) groups is 1. The summed E-state index contributed by atoms with van der Waals surface area (Å²) in [5.74, 6) is -0.199. The summed E-state index contributed by atoms with van der Waals surface area (Å²) in [5.41, 5.74) is 3.74. The molecule has 0 aliphatic carbocycles. The number of hydrogen-bond donors (Lipinski definition) is 2. The highest BCUT2D eigenvalue weighted by molar-refractivity contribution is 7.71. The first kappa shape index (κ1) is 16.2. The summed E-state index contributed by atoms with van der Waals surface area (Å²) in [5, 5.41) is 10.8. The maximum Gasteiger partial charge on any atom is 0.262 e. The van der Waals surface area contributed by atoms with Gasteiger partial charge in [0.25, 0.3) is 5.56 Å². The molecule has 1 aliphatic heterocycles. The van der Waals surface area contributed by atoms with Crippen LogP contribution in [0.3, 0.4) is 0 Å². The lowest BCUT2D eigenvalue weighted by atomic mass is 10.0. The molecule has 3 aromatic rings. The average Bonchev–Trinajstić information content (AvgIpc) is 2.94.